The maximum Gasteiger partial charge on any atom is 0.336 e. The molecule has 0 aromatic heterocycles. The second kappa shape index (κ2) is 6.18. The van der Waals surface area contributed by atoms with Crippen molar-refractivity contribution in [1.29, 1.82) is 0 Å². The molecule has 0 aromatic rings. The molecule has 85 valence electrons. The van der Waals surface area contributed by atoms with Crippen LogP contribution in [0, 0.1) is 37.7 Å². The van der Waals surface area contributed by atoms with E-state index in [0.29, 0.717) is 0 Å². The van der Waals surface area contributed by atoms with Gasteiger partial charge in [0.25, 0.3) is 0 Å². The van der Waals surface area contributed by atoms with Gasteiger partial charge in [0.05, 0.1) is 12.8 Å². The number of rotatable bonds is 5. The normalized spacial score (nSPS) is 10.1. The van der Waals surface area contributed by atoms with Crippen molar-refractivity contribution in [2.24, 2.45) is 0 Å². The summed E-state index contributed by atoms with van der Waals surface area (Å²) >= 11 is 0. The topological polar surface area (TPSA) is 132 Å². The van der Waals surface area contributed by atoms with Crippen molar-refractivity contribution in [3.8, 4) is 0 Å². The summed E-state index contributed by atoms with van der Waals surface area (Å²) in [6.07, 6.45) is -2.29. The fourth-order valence-corrected chi connectivity index (χ4v) is 0.714. The molecule has 0 bridgehead atoms. The van der Waals surface area contributed by atoms with E-state index in [0.717, 1.165) is 0 Å². The number of aliphatic carboxylic acids is 3. The van der Waals surface area contributed by atoms with Crippen LogP contribution in [0.25, 0.3) is 0 Å². The Morgan fingerprint density at radius 1 is 0.929 bits per heavy atom. The maximum absolute atomic E-state index is 10.3. The molecule has 0 rings (SSSR count). The third-order valence-corrected chi connectivity index (χ3v) is 1.29. The molecule has 1 radical (unpaired) electrons. The minimum atomic E-state index is -2.74. The molecule has 8 heteroatoms. The zero-order valence-electron chi connectivity index (χ0n) is 6.73. The Bertz CT molecular complexity index is 233. The Balaban J connectivity index is 0. The summed E-state index contributed by atoms with van der Waals surface area (Å²) in [5.41, 5.74) is -2.74. The third-order valence-electron chi connectivity index (χ3n) is 1.29. The van der Waals surface area contributed by atoms with Gasteiger partial charge in [-0.25, -0.2) is 4.79 Å². The zero-order chi connectivity index (χ0) is 10.6. The van der Waals surface area contributed by atoms with Crippen molar-refractivity contribution < 1.29 is 72.5 Å². The molecule has 0 aliphatic carbocycles. The van der Waals surface area contributed by atoms with Crippen LogP contribution >= 0.6 is 0 Å². The van der Waals surface area contributed by atoms with Crippen LogP contribution in [-0.4, -0.2) is 43.9 Å². The summed E-state index contributed by atoms with van der Waals surface area (Å²) in [6, 6.07) is 0. The fraction of sp³-hybridized carbons (Fsp3) is 0.500. The minimum Gasteiger partial charge on any atom is -0.481 e. The summed E-state index contributed by atoms with van der Waals surface area (Å²) in [5.74, 6) is -5.02. The Kier molecular flexibility index (Phi) is 7.09. The van der Waals surface area contributed by atoms with Crippen LogP contribution in [0.5, 0.6) is 0 Å². The molecule has 0 atom stereocenters. The van der Waals surface area contributed by atoms with Crippen molar-refractivity contribution >= 4 is 17.9 Å². The quantitative estimate of drug-likeness (QED) is 0.452. The predicted octanol–water partition coefficient (Wildman–Crippen LogP) is -1.25. The van der Waals surface area contributed by atoms with E-state index in [4.69, 9.17) is 20.4 Å². The van der Waals surface area contributed by atoms with E-state index in [1.54, 1.807) is 0 Å². The van der Waals surface area contributed by atoms with Crippen LogP contribution in [0.2, 0.25) is 0 Å². The standard InChI is InChI=1S/C6H8O7.Ho/c7-3(8)1-6(13,5(11)12)2-4(9)10;/h13H,1-2H2,(H,7,8)(H,9,10)(H,11,12);. The largest absolute Gasteiger partial charge is 0.481 e. The molecule has 7 nitrogen and oxygen atoms in total. The van der Waals surface area contributed by atoms with Gasteiger partial charge in [-0.15, -0.1) is 0 Å². The molecule has 0 heterocycles. The molecule has 0 amide bonds. The summed E-state index contributed by atoms with van der Waals surface area (Å²) < 4.78 is 0. The van der Waals surface area contributed by atoms with E-state index >= 15 is 0 Å². The van der Waals surface area contributed by atoms with E-state index in [9.17, 15) is 14.4 Å². The Morgan fingerprint density at radius 3 is 1.36 bits per heavy atom. The third kappa shape index (κ3) is 5.38. The predicted molar refractivity (Wildman–Crippen MR) is 37.1 cm³/mol. The van der Waals surface area contributed by atoms with Crippen LogP contribution in [0.1, 0.15) is 12.8 Å². The number of carboxylic acid groups (broad SMARTS) is 3. The molecule has 4 N–H and O–H groups in total. The molecule has 0 fully saturated rings. The first-order valence-electron chi connectivity index (χ1n) is 3.17. The zero-order valence-corrected chi connectivity index (χ0v) is 8.66. The molecule has 0 saturated heterocycles. The SMILES string of the molecule is O=C(O)CC(O)(CC(=O)O)C(=O)O.[Ho]. The Labute approximate surface area is 108 Å². The summed E-state index contributed by atoms with van der Waals surface area (Å²) in [4.78, 5) is 30.5. The van der Waals surface area contributed by atoms with E-state index in [1.807, 2.05) is 0 Å². The van der Waals surface area contributed by atoms with Crippen LogP contribution in [0.3, 0.4) is 0 Å². The Morgan fingerprint density at radius 2 is 1.21 bits per heavy atom. The number of carbonyl (C=O) groups is 3. The van der Waals surface area contributed by atoms with Crippen LogP contribution in [0.15, 0.2) is 0 Å². The van der Waals surface area contributed by atoms with Gasteiger partial charge in [0.2, 0.25) is 0 Å². The Hall–Kier alpha value is -0.370. The number of hydrogen-bond donors (Lipinski definition) is 4. The molecule has 0 aliphatic heterocycles. The number of carboxylic acids is 3. The van der Waals surface area contributed by atoms with Gasteiger partial charge in [-0.1, -0.05) is 0 Å². The summed E-state index contributed by atoms with van der Waals surface area (Å²) in [7, 11) is 0. The van der Waals surface area contributed by atoms with Gasteiger partial charge in [0.15, 0.2) is 5.60 Å². The first kappa shape index (κ1) is 16.1. The van der Waals surface area contributed by atoms with Crippen molar-refractivity contribution in [2.75, 3.05) is 0 Å². The molecule has 14 heavy (non-hydrogen) atoms. The van der Waals surface area contributed by atoms with Gasteiger partial charge < -0.3 is 20.4 Å². The summed E-state index contributed by atoms with van der Waals surface area (Å²) in [5, 5.41) is 33.8. The van der Waals surface area contributed by atoms with Gasteiger partial charge in [-0.3, -0.25) is 9.59 Å². The monoisotopic (exact) mass is 357 g/mol. The van der Waals surface area contributed by atoms with E-state index in [-0.39, 0.29) is 37.7 Å². The van der Waals surface area contributed by atoms with E-state index in [1.165, 1.54) is 0 Å². The molecule has 0 spiro atoms. The minimum absolute atomic E-state index is 0. The second-order valence-corrected chi connectivity index (χ2v) is 2.48. The molecular formula is C6H8HoO7. The van der Waals surface area contributed by atoms with Crippen molar-refractivity contribution in [3.05, 3.63) is 0 Å². The molecular weight excluding hydrogens is 349 g/mol. The van der Waals surface area contributed by atoms with Gasteiger partial charge in [-0.05, 0) is 0 Å². The smallest absolute Gasteiger partial charge is 0.336 e. The van der Waals surface area contributed by atoms with Crippen LogP contribution in [0.4, 0.5) is 0 Å². The number of aliphatic hydroxyl groups is 1. The second-order valence-electron chi connectivity index (χ2n) is 2.48. The van der Waals surface area contributed by atoms with Gasteiger partial charge in [0.1, 0.15) is 0 Å². The molecule has 0 aromatic carbocycles. The van der Waals surface area contributed by atoms with E-state index < -0.39 is 36.4 Å². The van der Waals surface area contributed by atoms with Gasteiger partial charge in [0, 0.05) is 37.7 Å². The van der Waals surface area contributed by atoms with Crippen LogP contribution < -0.4 is 0 Å². The average molecular weight is 357 g/mol. The van der Waals surface area contributed by atoms with Crippen LogP contribution in [-0.2, 0) is 14.4 Å². The first-order chi connectivity index (χ1) is 5.78. The fourth-order valence-electron chi connectivity index (χ4n) is 0.714. The van der Waals surface area contributed by atoms with Gasteiger partial charge >= 0.3 is 17.9 Å². The van der Waals surface area contributed by atoms with Crippen molar-refractivity contribution in [1.82, 2.24) is 0 Å². The average Bonchev–Trinajstić information content (AvgIpc) is 1.82. The molecule has 0 saturated carbocycles. The van der Waals surface area contributed by atoms with Crippen molar-refractivity contribution in [3.63, 3.8) is 0 Å². The number of hydrogen-bond acceptors (Lipinski definition) is 4. The van der Waals surface area contributed by atoms with Crippen molar-refractivity contribution in [2.45, 2.75) is 18.4 Å². The van der Waals surface area contributed by atoms with E-state index in [2.05, 4.69) is 0 Å². The molecule has 0 unspecified atom stereocenters. The van der Waals surface area contributed by atoms with Gasteiger partial charge in [-0.2, -0.15) is 0 Å². The first-order valence-corrected chi connectivity index (χ1v) is 3.17. The summed E-state index contributed by atoms with van der Waals surface area (Å²) in [6.45, 7) is 0. The molecule has 0 aliphatic rings. The maximum atomic E-state index is 10.3.